The normalized spacial score (nSPS) is 8.67. The van der Waals surface area contributed by atoms with E-state index in [0.29, 0.717) is 22.4 Å². The lowest BCUT2D eigenvalue weighted by Gasteiger charge is -1.96. The molecule has 0 aliphatic heterocycles. The molecule has 0 aliphatic carbocycles. The van der Waals surface area contributed by atoms with E-state index >= 15 is 0 Å². The molecule has 1 aromatic carbocycles. The minimum Gasteiger partial charge on any atom is -0.459 e. The Balaban J connectivity index is 3.10. The van der Waals surface area contributed by atoms with Crippen molar-refractivity contribution in [2.45, 2.75) is 0 Å². The first-order chi connectivity index (χ1) is 7.17. The van der Waals surface area contributed by atoms with E-state index in [4.69, 9.17) is 11.6 Å². The highest BCUT2D eigenvalue weighted by atomic mass is 35.5. The first-order valence-electron chi connectivity index (χ1n) is 4.02. The van der Waals surface area contributed by atoms with Gasteiger partial charge >= 0.3 is 5.97 Å². The molecular weight excluding hydrogens is 216 g/mol. The van der Waals surface area contributed by atoms with Crippen molar-refractivity contribution in [3.05, 3.63) is 34.3 Å². The van der Waals surface area contributed by atoms with Crippen LogP contribution in [0.25, 0.3) is 0 Å². The van der Waals surface area contributed by atoms with Crippen LogP contribution in [0.5, 0.6) is 0 Å². The quantitative estimate of drug-likeness (QED) is 0.413. The lowest BCUT2D eigenvalue weighted by atomic mass is 10.1. The molecule has 4 heteroatoms. The summed E-state index contributed by atoms with van der Waals surface area (Å²) in [6, 6.07) is 4.63. The number of methoxy groups -OCH3 is 1. The molecule has 0 heterocycles. The summed E-state index contributed by atoms with van der Waals surface area (Å²) >= 11 is 5.72. The third kappa shape index (κ3) is 3.12. The first-order valence-corrected chi connectivity index (χ1v) is 4.40. The maximum Gasteiger partial charge on any atom is 0.384 e. The molecule has 0 N–H and O–H groups in total. The van der Waals surface area contributed by atoms with E-state index in [2.05, 4.69) is 16.6 Å². The molecule has 0 saturated heterocycles. The molecule has 0 amide bonds. The van der Waals surface area contributed by atoms with E-state index in [-0.39, 0.29) is 0 Å². The van der Waals surface area contributed by atoms with E-state index in [0.717, 1.165) is 0 Å². The summed E-state index contributed by atoms with van der Waals surface area (Å²) < 4.78 is 4.34. The third-order valence-electron chi connectivity index (χ3n) is 1.63. The maximum absolute atomic E-state index is 10.8. The SMILES string of the molecule is COC(=O)C#Cc1cc(Cl)ccc1C=O. The summed E-state index contributed by atoms with van der Waals surface area (Å²) in [6.45, 7) is 0. The Morgan fingerprint density at radius 1 is 1.53 bits per heavy atom. The monoisotopic (exact) mass is 222 g/mol. The molecule has 1 aromatic rings. The van der Waals surface area contributed by atoms with Gasteiger partial charge in [0.1, 0.15) is 0 Å². The number of aldehydes is 1. The Hall–Kier alpha value is -1.79. The zero-order chi connectivity index (χ0) is 11.3. The van der Waals surface area contributed by atoms with Crippen LogP contribution in [0.2, 0.25) is 5.02 Å². The van der Waals surface area contributed by atoms with Gasteiger partial charge in [-0.3, -0.25) is 4.79 Å². The average Bonchev–Trinajstić information content (AvgIpc) is 2.26. The Morgan fingerprint density at radius 2 is 2.27 bits per heavy atom. The molecule has 15 heavy (non-hydrogen) atoms. The molecular formula is C11H7ClO3. The van der Waals surface area contributed by atoms with Crippen LogP contribution in [0.4, 0.5) is 0 Å². The molecule has 0 radical (unpaired) electrons. The van der Waals surface area contributed by atoms with Crippen molar-refractivity contribution in [1.82, 2.24) is 0 Å². The lowest BCUT2D eigenvalue weighted by Crippen LogP contribution is -1.95. The van der Waals surface area contributed by atoms with Crippen molar-refractivity contribution in [3.8, 4) is 11.8 Å². The van der Waals surface area contributed by atoms with Gasteiger partial charge in [0.05, 0.1) is 7.11 Å². The van der Waals surface area contributed by atoms with Crippen molar-refractivity contribution in [3.63, 3.8) is 0 Å². The number of ether oxygens (including phenoxy) is 1. The number of halogens is 1. The number of carbonyl (C=O) groups excluding carboxylic acids is 2. The number of hydrogen-bond acceptors (Lipinski definition) is 3. The van der Waals surface area contributed by atoms with Crippen LogP contribution in [0.1, 0.15) is 15.9 Å². The van der Waals surface area contributed by atoms with Gasteiger partial charge in [0.25, 0.3) is 0 Å². The second-order valence-electron chi connectivity index (χ2n) is 2.59. The molecule has 1 rings (SSSR count). The average molecular weight is 223 g/mol. The fourth-order valence-corrected chi connectivity index (χ4v) is 1.08. The van der Waals surface area contributed by atoms with Crippen LogP contribution in [0, 0.1) is 11.8 Å². The van der Waals surface area contributed by atoms with Crippen LogP contribution in [0.3, 0.4) is 0 Å². The maximum atomic E-state index is 10.8. The Kier molecular flexibility index (Phi) is 3.90. The van der Waals surface area contributed by atoms with E-state index < -0.39 is 5.97 Å². The topological polar surface area (TPSA) is 43.4 Å². The van der Waals surface area contributed by atoms with Gasteiger partial charge in [0.15, 0.2) is 6.29 Å². The predicted molar refractivity (Wildman–Crippen MR) is 55.7 cm³/mol. The van der Waals surface area contributed by atoms with Crippen LogP contribution < -0.4 is 0 Å². The van der Waals surface area contributed by atoms with E-state index in [1.54, 1.807) is 6.07 Å². The van der Waals surface area contributed by atoms with Crippen LogP contribution in [-0.2, 0) is 9.53 Å². The highest BCUT2D eigenvalue weighted by Gasteiger charge is 2.00. The van der Waals surface area contributed by atoms with Crippen molar-refractivity contribution >= 4 is 23.9 Å². The number of rotatable bonds is 1. The molecule has 76 valence electrons. The van der Waals surface area contributed by atoms with E-state index in [9.17, 15) is 9.59 Å². The Labute approximate surface area is 92.0 Å². The Bertz CT molecular complexity index is 455. The van der Waals surface area contributed by atoms with E-state index in [1.165, 1.54) is 19.2 Å². The van der Waals surface area contributed by atoms with Gasteiger partial charge in [-0.25, -0.2) is 4.79 Å². The summed E-state index contributed by atoms with van der Waals surface area (Å²) in [6.07, 6.45) is 0.650. The number of esters is 1. The van der Waals surface area contributed by atoms with Gasteiger partial charge in [-0.15, -0.1) is 0 Å². The number of benzene rings is 1. The minimum absolute atomic E-state index is 0.385. The first kappa shape index (κ1) is 11.3. The largest absolute Gasteiger partial charge is 0.459 e. The summed E-state index contributed by atoms with van der Waals surface area (Å²) in [5, 5.41) is 0.453. The zero-order valence-electron chi connectivity index (χ0n) is 7.91. The molecule has 0 fully saturated rings. The molecule has 0 aromatic heterocycles. The highest BCUT2D eigenvalue weighted by Crippen LogP contribution is 2.13. The standard InChI is InChI=1S/C11H7ClO3/c1-15-11(14)5-3-8-6-10(12)4-2-9(8)7-13/h2,4,6-7H,1H3. The molecule has 0 atom stereocenters. The molecule has 3 nitrogen and oxygen atoms in total. The van der Waals surface area contributed by atoms with Gasteiger partial charge in [-0.2, -0.15) is 0 Å². The molecule has 0 spiro atoms. The summed E-state index contributed by atoms with van der Waals surface area (Å²) in [5.74, 6) is 4.08. The summed E-state index contributed by atoms with van der Waals surface area (Å²) in [4.78, 5) is 21.4. The Morgan fingerprint density at radius 3 is 2.87 bits per heavy atom. The van der Waals surface area contributed by atoms with Crippen molar-refractivity contribution < 1.29 is 14.3 Å². The predicted octanol–water partition coefficient (Wildman–Crippen LogP) is 1.68. The van der Waals surface area contributed by atoms with Gasteiger partial charge in [-0.05, 0) is 18.2 Å². The highest BCUT2D eigenvalue weighted by molar-refractivity contribution is 6.30. The fraction of sp³-hybridized carbons (Fsp3) is 0.0909. The van der Waals surface area contributed by atoms with Crippen LogP contribution in [0.15, 0.2) is 18.2 Å². The van der Waals surface area contributed by atoms with Gasteiger partial charge in [0.2, 0.25) is 0 Å². The molecule has 0 bridgehead atoms. The smallest absolute Gasteiger partial charge is 0.384 e. The van der Waals surface area contributed by atoms with Gasteiger partial charge in [-0.1, -0.05) is 17.5 Å². The van der Waals surface area contributed by atoms with Crippen molar-refractivity contribution in [2.24, 2.45) is 0 Å². The van der Waals surface area contributed by atoms with E-state index in [1.807, 2.05) is 0 Å². The zero-order valence-corrected chi connectivity index (χ0v) is 8.67. The van der Waals surface area contributed by atoms with Crippen LogP contribution in [-0.4, -0.2) is 19.4 Å². The summed E-state index contributed by atoms with van der Waals surface area (Å²) in [5.41, 5.74) is 0.790. The molecule has 0 aliphatic rings. The third-order valence-corrected chi connectivity index (χ3v) is 1.86. The number of carbonyl (C=O) groups is 2. The molecule has 0 saturated carbocycles. The van der Waals surface area contributed by atoms with Gasteiger partial charge in [0, 0.05) is 22.1 Å². The second kappa shape index (κ2) is 5.18. The summed E-state index contributed by atoms with van der Waals surface area (Å²) in [7, 11) is 1.23. The molecule has 0 unspecified atom stereocenters. The van der Waals surface area contributed by atoms with Crippen LogP contribution >= 0.6 is 11.6 Å². The van der Waals surface area contributed by atoms with Crippen molar-refractivity contribution in [1.29, 1.82) is 0 Å². The second-order valence-corrected chi connectivity index (χ2v) is 3.03. The minimum atomic E-state index is -0.660. The number of hydrogen-bond donors (Lipinski definition) is 0. The van der Waals surface area contributed by atoms with Gasteiger partial charge < -0.3 is 4.74 Å². The fourth-order valence-electron chi connectivity index (χ4n) is 0.909. The lowest BCUT2D eigenvalue weighted by molar-refractivity contribution is -0.133. The van der Waals surface area contributed by atoms with Crippen molar-refractivity contribution in [2.75, 3.05) is 7.11 Å².